The minimum Gasteiger partial charge on any atom is -0.356 e. The number of hydrogen-bond acceptors (Lipinski definition) is 3. The third kappa shape index (κ3) is 2.57. The van der Waals surface area contributed by atoms with E-state index in [1.807, 2.05) is 18.7 Å². The van der Waals surface area contributed by atoms with Crippen molar-refractivity contribution < 1.29 is 13.2 Å². The fraction of sp³-hybridized carbons (Fsp3) is 0.667. The molecule has 3 nitrogen and oxygen atoms in total. The first-order valence-electron chi connectivity index (χ1n) is 5.99. The summed E-state index contributed by atoms with van der Waals surface area (Å²) < 4.78 is 37.7. The molecule has 0 radical (unpaired) electrons. The van der Waals surface area contributed by atoms with E-state index in [0.29, 0.717) is 13.1 Å². The van der Waals surface area contributed by atoms with Crippen LogP contribution in [-0.2, 0) is 0 Å². The van der Waals surface area contributed by atoms with Crippen molar-refractivity contribution in [3.8, 4) is 0 Å². The topological polar surface area (TPSA) is 29.0 Å². The highest BCUT2D eigenvalue weighted by Crippen LogP contribution is 2.35. The molecule has 0 aromatic carbocycles. The van der Waals surface area contributed by atoms with E-state index in [-0.39, 0.29) is 12.8 Å². The number of anilines is 1. The van der Waals surface area contributed by atoms with Gasteiger partial charge in [-0.3, -0.25) is 0 Å². The predicted octanol–water partition coefficient (Wildman–Crippen LogP) is 2.87. The molecule has 0 spiro atoms. The van der Waals surface area contributed by atoms with Gasteiger partial charge in [-0.1, -0.05) is 0 Å². The van der Waals surface area contributed by atoms with E-state index in [9.17, 15) is 13.2 Å². The second kappa shape index (κ2) is 4.74. The monoisotopic (exact) mass is 259 g/mol. The molecule has 0 saturated carbocycles. The van der Waals surface area contributed by atoms with Crippen molar-refractivity contribution in [3.05, 3.63) is 17.6 Å². The Morgan fingerprint density at radius 2 is 1.78 bits per heavy atom. The number of halogens is 3. The second-order valence-electron chi connectivity index (χ2n) is 4.71. The van der Waals surface area contributed by atoms with Gasteiger partial charge in [-0.2, -0.15) is 13.2 Å². The Morgan fingerprint density at radius 1 is 1.17 bits per heavy atom. The number of nitrogens with zero attached hydrogens (tertiary/aromatic N) is 3. The summed E-state index contributed by atoms with van der Waals surface area (Å²) in [6.07, 6.45) is -2.31. The van der Waals surface area contributed by atoms with Crippen LogP contribution in [0.5, 0.6) is 0 Å². The van der Waals surface area contributed by atoms with Crippen molar-refractivity contribution in [2.24, 2.45) is 5.92 Å². The van der Waals surface area contributed by atoms with Gasteiger partial charge in [0, 0.05) is 24.3 Å². The number of aryl methyl sites for hydroxylation is 1. The third-order valence-electron chi connectivity index (χ3n) is 3.57. The van der Waals surface area contributed by atoms with Crippen LogP contribution < -0.4 is 4.90 Å². The molecule has 1 aliphatic rings. The average molecular weight is 259 g/mol. The molecule has 18 heavy (non-hydrogen) atoms. The average Bonchev–Trinajstić information content (AvgIpc) is 2.32. The fourth-order valence-corrected chi connectivity index (χ4v) is 2.26. The summed E-state index contributed by atoms with van der Waals surface area (Å²) in [7, 11) is 0. The number of hydrogen-bond donors (Lipinski definition) is 0. The molecule has 1 saturated heterocycles. The molecule has 1 aromatic heterocycles. The molecule has 1 fully saturated rings. The van der Waals surface area contributed by atoms with E-state index < -0.39 is 12.1 Å². The Kier molecular flexibility index (Phi) is 3.45. The van der Waals surface area contributed by atoms with Crippen molar-refractivity contribution in [3.63, 3.8) is 0 Å². The van der Waals surface area contributed by atoms with E-state index in [0.717, 1.165) is 17.1 Å². The Bertz CT molecular complexity index is 423. The standard InChI is InChI=1S/C12H16F3N3/c1-8-9(2)16-7-17-11(8)18-5-3-10(4-6-18)12(13,14)15/h7,10H,3-6H2,1-2H3. The molecule has 1 aromatic rings. The SMILES string of the molecule is Cc1ncnc(N2CCC(C(F)(F)F)CC2)c1C. The lowest BCUT2D eigenvalue weighted by atomic mass is 9.96. The number of alkyl halides is 3. The van der Waals surface area contributed by atoms with Gasteiger partial charge < -0.3 is 4.90 Å². The zero-order valence-electron chi connectivity index (χ0n) is 10.5. The summed E-state index contributed by atoms with van der Waals surface area (Å²) >= 11 is 0. The van der Waals surface area contributed by atoms with Gasteiger partial charge in [0.15, 0.2) is 0 Å². The number of rotatable bonds is 1. The summed E-state index contributed by atoms with van der Waals surface area (Å²) in [4.78, 5) is 10.2. The molecule has 6 heteroatoms. The van der Waals surface area contributed by atoms with E-state index >= 15 is 0 Å². The molecule has 2 rings (SSSR count). The number of aromatic nitrogens is 2. The molecule has 100 valence electrons. The van der Waals surface area contributed by atoms with E-state index in [4.69, 9.17) is 0 Å². The van der Waals surface area contributed by atoms with E-state index in [2.05, 4.69) is 9.97 Å². The molecular formula is C12H16F3N3. The minimum absolute atomic E-state index is 0.145. The van der Waals surface area contributed by atoms with Crippen molar-refractivity contribution >= 4 is 5.82 Å². The summed E-state index contributed by atoms with van der Waals surface area (Å²) in [6, 6.07) is 0. The molecule has 0 bridgehead atoms. The van der Waals surface area contributed by atoms with Gasteiger partial charge in [0.2, 0.25) is 0 Å². The van der Waals surface area contributed by atoms with Crippen LogP contribution in [0.2, 0.25) is 0 Å². The predicted molar refractivity (Wildman–Crippen MR) is 62.5 cm³/mol. The Labute approximate surface area is 104 Å². The Balaban J connectivity index is 2.08. The van der Waals surface area contributed by atoms with Crippen molar-refractivity contribution in [2.45, 2.75) is 32.9 Å². The van der Waals surface area contributed by atoms with E-state index in [1.54, 1.807) is 0 Å². The highest BCUT2D eigenvalue weighted by atomic mass is 19.4. The van der Waals surface area contributed by atoms with Crippen LogP contribution in [0.25, 0.3) is 0 Å². The van der Waals surface area contributed by atoms with Crippen molar-refractivity contribution in [1.29, 1.82) is 0 Å². The van der Waals surface area contributed by atoms with E-state index in [1.165, 1.54) is 6.33 Å². The smallest absolute Gasteiger partial charge is 0.356 e. The van der Waals surface area contributed by atoms with Gasteiger partial charge in [-0.05, 0) is 26.7 Å². The highest BCUT2D eigenvalue weighted by Gasteiger charge is 2.41. The van der Waals surface area contributed by atoms with Gasteiger partial charge in [0.1, 0.15) is 12.1 Å². The maximum atomic E-state index is 12.6. The first-order valence-corrected chi connectivity index (χ1v) is 5.99. The van der Waals surface area contributed by atoms with Crippen molar-refractivity contribution in [1.82, 2.24) is 9.97 Å². The molecule has 0 amide bonds. The molecule has 0 N–H and O–H groups in total. The second-order valence-corrected chi connectivity index (χ2v) is 4.71. The quantitative estimate of drug-likeness (QED) is 0.776. The summed E-state index contributed by atoms with van der Waals surface area (Å²) in [5.41, 5.74) is 1.82. The zero-order valence-corrected chi connectivity index (χ0v) is 10.5. The first kappa shape index (κ1) is 13.1. The highest BCUT2D eigenvalue weighted by molar-refractivity contribution is 5.47. The molecule has 2 heterocycles. The first-order chi connectivity index (χ1) is 8.39. The van der Waals surface area contributed by atoms with Crippen LogP contribution in [0.3, 0.4) is 0 Å². The Hall–Kier alpha value is -1.33. The fourth-order valence-electron chi connectivity index (χ4n) is 2.26. The molecule has 0 unspecified atom stereocenters. The van der Waals surface area contributed by atoms with Crippen LogP contribution in [0.4, 0.5) is 19.0 Å². The maximum Gasteiger partial charge on any atom is 0.391 e. The minimum atomic E-state index is -4.07. The largest absolute Gasteiger partial charge is 0.391 e. The molecule has 0 atom stereocenters. The van der Waals surface area contributed by atoms with Gasteiger partial charge >= 0.3 is 6.18 Å². The van der Waals surface area contributed by atoms with Gasteiger partial charge in [0.05, 0.1) is 5.92 Å². The summed E-state index contributed by atoms with van der Waals surface area (Å²) in [6.45, 7) is 4.59. The molecular weight excluding hydrogens is 243 g/mol. The summed E-state index contributed by atoms with van der Waals surface area (Å²) in [5, 5.41) is 0. The van der Waals surface area contributed by atoms with Gasteiger partial charge in [-0.25, -0.2) is 9.97 Å². The summed E-state index contributed by atoms with van der Waals surface area (Å²) in [5.74, 6) is -0.403. The van der Waals surface area contributed by atoms with Crippen LogP contribution in [0, 0.1) is 19.8 Å². The maximum absolute atomic E-state index is 12.6. The number of piperidine rings is 1. The van der Waals surface area contributed by atoms with Crippen LogP contribution in [0.1, 0.15) is 24.1 Å². The van der Waals surface area contributed by atoms with Crippen LogP contribution in [0.15, 0.2) is 6.33 Å². The Morgan fingerprint density at radius 3 is 2.33 bits per heavy atom. The lowest BCUT2D eigenvalue weighted by Crippen LogP contribution is -2.39. The van der Waals surface area contributed by atoms with Crippen LogP contribution >= 0.6 is 0 Å². The lowest BCUT2D eigenvalue weighted by molar-refractivity contribution is -0.179. The van der Waals surface area contributed by atoms with Gasteiger partial charge in [-0.15, -0.1) is 0 Å². The third-order valence-corrected chi connectivity index (χ3v) is 3.57. The molecule has 1 aliphatic heterocycles. The zero-order chi connectivity index (χ0) is 13.3. The lowest BCUT2D eigenvalue weighted by Gasteiger charge is -2.34. The van der Waals surface area contributed by atoms with Crippen molar-refractivity contribution in [2.75, 3.05) is 18.0 Å². The van der Waals surface area contributed by atoms with Crippen LogP contribution in [-0.4, -0.2) is 29.2 Å². The van der Waals surface area contributed by atoms with Gasteiger partial charge in [0.25, 0.3) is 0 Å². The molecule has 0 aliphatic carbocycles. The normalized spacial score (nSPS) is 18.2.